The quantitative estimate of drug-likeness (QED) is 0.356. The molecule has 0 fully saturated rings. The minimum absolute atomic E-state index is 0.343. The Hall–Kier alpha value is -3.54. The number of dihydropyridines is 1. The van der Waals surface area contributed by atoms with Gasteiger partial charge in [0.1, 0.15) is 0 Å². The highest BCUT2D eigenvalue weighted by Gasteiger charge is 2.36. The Morgan fingerprint density at radius 1 is 0.686 bits per heavy atom. The second-order valence-corrected chi connectivity index (χ2v) is 9.23. The van der Waals surface area contributed by atoms with Crippen LogP contribution in [0.15, 0.2) is 95.3 Å². The molecule has 3 aromatic carbocycles. The lowest BCUT2D eigenvalue weighted by molar-refractivity contribution is -0.113. The zero-order valence-electron chi connectivity index (χ0n) is 19.6. The van der Waals surface area contributed by atoms with Crippen molar-refractivity contribution in [2.75, 3.05) is 10.6 Å². The van der Waals surface area contributed by atoms with E-state index in [9.17, 15) is 9.59 Å². The van der Waals surface area contributed by atoms with Gasteiger partial charge in [-0.15, -0.1) is 0 Å². The molecule has 5 nitrogen and oxygen atoms in total. The molecular weight excluding hydrogens is 481 g/mol. The van der Waals surface area contributed by atoms with E-state index in [-0.39, 0.29) is 11.8 Å². The number of carbonyl (C=O) groups excluding carboxylic acids is 2. The highest BCUT2D eigenvalue weighted by Crippen LogP contribution is 2.40. The number of carbonyl (C=O) groups is 2. The molecule has 0 unspecified atom stereocenters. The lowest BCUT2D eigenvalue weighted by Crippen LogP contribution is -2.35. The van der Waals surface area contributed by atoms with Gasteiger partial charge in [0.05, 0.1) is 21.4 Å². The first kappa shape index (κ1) is 24.6. The molecule has 0 spiro atoms. The maximum Gasteiger partial charge on any atom is 0.254 e. The molecule has 0 radical (unpaired) electrons. The SMILES string of the molecule is CC1=C(C(=O)Nc2ccccc2Cl)C(c2ccc(C)cc2)C(C(=O)Nc2ccccc2Cl)=C(C)N1. The second-order valence-electron chi connectivity index (χ2n) is 8.41. The molecule has 1 heterocycles. The largest absolute Gasteiger partial charge is 0.362 e. The molecule has 0 bridgehead atoms. The third-order valence-electron chi connectivity index (χ3n) is 5.90. The number of anilines is 2. The first-order valence-electron chi connectivity index (χ1n) is 11.1. The third kappa shape index (κ3) is 5.26. The van der Waals surface area contributed by atoms with Crippen molar-refractivity contribution >= 4 is 46.4 Å². The molecule has 2 amide bonds. The van der Waals surface area contributed by atoms with Crippen molar-refractivity contribution in [3.63, 3.8) is 0 Å². The predicted octanol–water partition coefficient (Wildman–Crippen LogP) is 6.81. The number of hydrogen-bond acceptors (Lipinski definition) is 3. The van der Waals surface area contributed by atoms with Crippen molar-refractivity contribution in [1.29, 1.82) is 0 Å². The summed E-state index contributed by atoms with van der Waals surface area (Å²) in [5, 5.41) is 9.90. The standard InChI is InChI=1S/C28H25Cl2N3O2/c1-16-12-14-19(15-13-16)26-24(27(34)32-22-10-6-4-8-20(22)29)17(2)31-18(3)25(26)28(35)33-23-11-7-5-9-21(23)30/h4-15,26,31H,1-3H3,(H,32,34)(H,33,35). The minimum atomic E-state index is -0.609. The van der Waals surface area contributed by atoms with E-state index >= 15 is 0 Å². The maximum absolute atomic E-state index is 13.6. The summed E-state index contributed by atoms with van der Waals surface area (Å²) in [6.07, 6.45) is 0. The average molecular weight is 506 g/mol. The van der Waals surface area contributed by atoms with Gasteiger partial charge in [-0.2, -0.15) is 0 Å². The summed E-state index contributed by atoms with van der Waals surface area (Å²) >= 11 is 12.6. The van der Waals surface area contributed by atoms with Crippen LogP contribution < -0.4 is 16.0 Å². The molecule has 1 aliphatic rings. The summed E-state index contributed by atoms with van der Waals surface area (Å²) in [7, 11) is 0. The minimum Gasteiger partial charge on any atom is -0.362 e. The molecule has 35 heavy (non-hydrogen) atoms. The van der Waals surface area contributed by atoms with Gasteiger partial charge in [-0.05, 0) is 50.6 Å². The zero-order valence-corrected chi connectivity index (χ0v) is 21.1. The molecule has 0 aliphatic carbocycles. The van der Waals surface area contributed by atoms with Crippen LogP contribution in [0.4, 0.5) is 11.4 Å². The Bertz CT molecular complexity index is 1280. The summed E-state index contributed by atoms with van der Waals surface area (Å²) < 4.78 is 0. The average Bonchev–Trinajstić information content (AvgIpc) is 2.82. The van der Waals surface area contributed by atoms with Gasteiger partial charge in [-0.3, -0.25) is 9.59 Å². The van der Waals surface area contributed by atoms with Gasteiger partial charge in [0.25, 0.3) is 11.8 Å². The Labute approximate surface area is 214 Å². The van der Waals surface area contributed by atoms with Crippen molar-refractivity contribution in [2.45, 2.75) is 26.7 Å². The summed E-state index contributed by atoms with van der Waals surface area (Å²) in [6.45, 7) is 5.65. The Kier molecular flexibility index (Phi) is 7.29. The molecule has 178 valence electrons. The molecule has 3 N–H and O–H groups in total. The summed E-state index contributed by atoms with van der Waals surface area (Å²) in [4.78, 5) is 27.3. The molecular formula is C28H25Cl2N3O2. The second kappa shape index (κ2) is 10.4. The molecule has 4 rings (SSSR count). The highest BCUT2D eigenvalue weighted by molar-refractivity contribution is 6.34. The van der Waals surface area contributed by atoms with Crippen LogP contribution in [-0.4, -0.2) is 11.8 Å². The van der Waals surface area contributed by atoms with Crippen LogP contribution in [0.3, 0.4) is 0 Å². The van der Waals surface area contributed by atoms with Crippen LogP contribution in [0, 0.1) is 6.92 Å². The first-order valence-corrected chi connectivity index (χ1v) is 11.9. The van der Waals surface area contributed by atoms with Crippen LogP contribution in [0.25, 0.3) is 0 Å². The fraction of sp³-hybridized carbons (Fsp3) is 0.143. The van der Waals surface area contributed by atoms with E-state index in [1.54, 1.807) is 48.5 Å². The summed E-state index contributed by atoms with van der Waals surface area (Å²) in [6, 6.07) is 21.9. The van der Waals surface area contributed by atoms with Crippen LogP contribution in [0.5, 0.6) is 0 Å². The monoisotopic (exact) mass is 505 g/mol. The molecule has 0 saturated heterocycles. The Morgan fingerprint density at radius 2 is 1.11 bits per heavy atom. The fourth-order valence-electron chi connectivity index (χ4n) is 4.19. The number of amides is 2. The third-order valence-corrected chi connectivity index (χ3v) is 6.56. The van der Waals surface area contributed by atoms with Gasteiger partial charge < -0.3 is 16.0 Å². The number of hydrogen-bond donors (Lipinski definition) is 3. The van der Waals surface area contributed by atoms with Gasteiger partial charge in [0.2, 0.25) is 0 Å². The maximum atomic E-state index is 13.6. The lowest BCUT2D eigenvalue weighted by atomic mass is 9.79. The number of halogens is 2. The number of rotatable bonds is 5. The van der Waals surface area contributed by atoms with E-state index < -0.39 is 5.92 Å². The van der Waals surface area contributed by atoms with Crippen molar-refractivity contribution in [3.8, 4) is 0 Å². The van der Waals surface area contributed by atoms with Crippen LogP contribution in [0.2, 0.25) is 10.0 Å². The molecule has 0 saturated carbocycles. The van der Waals surface area contributed by atoms with Gasteiger partial charge >= 0.3 is 0 Å². The van der Waals surface area contributed by atoms with Crippen LogP contribution in [0.1, 0.15) is 30.9 Å². The van der Waals surface area contributed by atoms with Gasteiger partial charge in [0, 0.05) is 28.5 Å². The summed E-state index contributed by atoms with van der Waals surface area (Å²) in [5.41, 5.74) is 5.08. The molecule has 3 aromatic rings. The topological polar surface area (TPSA) is 70.2 Å². The van der Waals surface area contributed by atoms with Gasteiger partial charge in [-0.1, -0.05) is 77.3 Å². The summed E-state index contributed by atoms with van der Waals surface area (Å²) in [5.74, 6) is -1.30. The van der Waals surface area contributed by atoms with E-state index in [1.807, 2.05) is 45.0 Å². The first-order chi connectivity index (χ1) is 16.8. The van der Waals surface area contributed by atoms with E-state index in [4.69, 9.17) is 23.2 Å². The predicted molar refractivity (Wildman–Crippen MR) is 143 cm³/mol. The normalized spacial score (nSPS) is 14.0. The van der Waals surface area contributed by atoms with Gasteiger partial charge in [0.15, 0.2) is 0 Å². The van der Waals surface area contributed by atoms with Crippen molar-refractivity contribution < 1.29 is 9.59 Å². The smallest absolute Gasteiger partial charge is 0.254 e. The van der Waals surface area contributed by atoms with E-state index in [1.165, 1.54) is 0 Å². The number of aryl methyl sites for hydroxylation is 1. The van der Waals surface area contributed by atoms with Crippen molar-refractivity contribution in [2.24, 2.45) is 0 Å². The van der Waals surface area contributed by atoms with E-state index in [0.29, 0.717) is 44.0 Å². The molecule has 0 aromatic heterocycles. The lowest BCUT2D eigenvalue weighted by Gasteiger charge is -2.31. The fourth-order valence-corrected chi connectivity index (χ4v) is 4.56. The molecule has 7 heteroatoms. The van der Waals surface area contributed by atoms with Crippen LogP contribution >= 0.6 is 23.2 Å². The Balaban J connectivity index is 1.78. The van der Waals surface area contributed by atoms with Crippen molar-refractivity contribution in [1.82, 2.24) is 5.32 Å². The number of allylic oxidation sites excluding steroid dienone is 2. The number of para-hydroxylation sites is 2. The number of nitrogens with one attached hydrogen (secondary N) is 3. The van der Waals surface area contributed by atoms with E-state index in [2.05, 4.69) is 16.0 Å². The zero-order chi connectivity index (χ0) is 25.1. The van der Waals surface area contributed by atoms with E-state index in [0.717, 1.165) is 11.1 Å². The van der Waals surface area contributed by atoms with Gasteiger partial charge in [-0.25, -0.2) is 0 Å². The molecule has 1 aliphatic heterocycles. The van der Waals surface area contributed by atoms with Crippen molar-refractivity contribution in [3.05, 3.63) is 117 Å². The van der Waals surface area contributed by atoms with Crippen LogP contribution in [-0.2, 0) is 9.59 Å². The molecule has 0 atom stereocenters. The highest BCUT2D eigenvalue weighted by atomic mass is 35.5. The number of benzene rings is 3. The Morgan fingerprint density at radius 3 is 1.54 bits per heavy atom.